The van der Waals surface area contributed by atoms with Crippen LogP contribution in [0, 0.1) is 23.7 Å². The summed E-state index contributed by atoms with van der Waals surface area (Å²) >= 11 is 0. The minimum absolute atomic E-state index is 0.0000586. The van der Waals surface area contributed by atoms with E-state index in [4.69, 9.17) is 5.84 Å². The van der Waals surface area contributed by atoms with Crippen LogP contribution in [0.25, 0.3) is 0 Å². The smallest absolute Gasteiger partial charge is 0.249 e. The van der Waals surface area contributed by atoms with E-state index in [-0.39, 0.29) is 24.7 Å². The van der Waals surface area contributed by atoms with Crippen LogP contribution in [0.15, 0.2) is 11.6 Å². The number of nitrogens with one attached hydrogen (secondary N) is 2. The predicted molar refractivity (Wildman–Crippen MR) is 117 cm³/mol. The van der Waals surface area contributed by atoms with Crippen molar-refractivity contribution < 1.29 is 23.2 Å². The van der Waals surface area contributed by atoms with Gasteiger partial charge in [0.1, 0.15) is 4.75 Å². The van der Waals surface area contributed by atoms with Gasteiger partial charge in [-0.3, -0.25) is 20.2 Å². The molecule has 0 bridgehead atoms. The zero-order valence-corrected chi connectivity index (χ0v) is 19.7. The number of rotatable bonds is 10. The van der Waals surface area contributed by atoms with E-state index in [1.165, 1.54) is 0 Å². The molecule has 0 aromatic carbocycles. The molecular formula is C21H39N3O5S. The first-order valence-electron chi connectivity index (χ1n) is 10.7. The molecule has 0 aromatic heterocycles. The van der Waals surface area contributed by atoms with E-state index in [1.54, 1.807) is 11.6 Å². The number of nitrogens with two attached hydrogens (primary N) is 1. The number of hydrogen-bond acceptors (Lipinski definition) is 6. The van der Waals surface area contributed by atoms with Gasteiger partial charge in [0.25, 0.3) is 0 Å². The molecule has 9 heteroatoms. The Labute approximate surface area is 180 Å². The molecule has 1 aliphatic rings. The summed E-state index contributed by atoms with van der Waals surface area (Å²) in [6.45, 7) is 7.53. The molecule has 1 aliphatic carbocycles. The van der Waals surface area contributed by atoms with Crippen molar-refractivity contribution in [1.29, 1.82) is 0 Å². The quantitative estimate of drug-likeness (QED) is 0.134. The van der Waals surface area contributed by atoms with Crippen LogP contribution in [-0.4, -0.2) is 36.4 Å². The number of carbonyl (C=O) groups excluding carboxylic acids is 2. The number of hydroxylamine groups is 1. The summed E-state index contributed by atoms with van der Waals surface area (Å²) in [6, 6.07) is 0. The van der Waals surface area contributed by atoms with Crippen LogP contribution < -0.4 is 16.7 Å². The molecule has 1 rings (SSSR count). The summed E-state index contributed by atoms with van der Waals surface area (Å²) < 4.78 is 25.1. The lowest BCUT2D eigenvalue weighted by molar-refractivity contribution is -0.142. The lowest BCUT2D eigenvalue weighted by Crippen LogP contribution is -2.57. The molecule has 0 aromatic rings. The minimum Gasteiger partial charge on any atom is -0.294 e. The number of hydrazine groups is 1. The highest BCUT2D eigenvalue weighted by atomic mass is 32.2. The van der Waals surface area contributed by atoms with Crippen molar-refractivity contribution in [3.05, 3.63) is 11.6 Å². The van der Waals surface area contributed by atoms with E-state index >= 15 is 0 Å². The van der Waals surface area contributed by atoms with Gasteiger partial charge in [-0.15, -0.1) is 0 Å². The van der Waals surface area contributed by atoms with Crippen molar-refractivity contribution in [2.75, 3.05) is 6.26 Å². The van der Waals surface area contributed by atoms with Gasteiger partial charge in [0.2, 0.25) is 11.8 Å². The molecule has 5 N–H and O–H groups in total. The third kappa shape index (κ3) is 6.52. The molecule has 0 spiro atoms. The Bertz CT molecular complexity index is 725. The number of allylic oxidation sites excluding steroid dienone is 1. The predicted octanol–water partition coefficient (Wildman–Crippen LogP) is 2.48. The summed E-state index contributed by atoms with van der Waals surface area (Å²) in [4.78, 5) is 25.7. The second kappa shape index (κ2) is 11.2. The average molecular weight is 446 g/mol. The Morgan fingerprint density at radius 1 is 1.10 bits per heavy atom. The molecular weight excluding hydrogens is 406 g/mol. The number of carbonyl (C=O) groups is 2. The number of amides is 2. The highest BCUT2D eigenvalue weighted by Gasteiger charge is 2.54. The fraction of sp³-hybridized carbons (Fsp3) is 0.810. The Balaban J connectivity index is 3.85. The lowest BCUT2D eigenvalue weighted by atomic mass is 9.72. The Hall–Kier alpha value is -1.45. The maximum absolute atomic E-state index is 13.4. The van der Waals surface area contributed by atoms with Gasteiger partial charge in [0.15, 0.2) is 9.84 Å². The molecule has 0 heterocycles. The van der Waals surface area contributed by atoms with E-state index in [2.05, 4.69) is 5.43 Å². The van der Waals surface area contributed by atoms with Crippen molar-refractivity contribution in [3.63, 3.8) is 0 Å². The van der Waals surface area contributed by atoms with Crippen molar-refractivity contribution in [1.82, 2.24) is 10.9 Å². The van der Waals surface area contributed by atoms with Crippen LogP contribution in [0.4, 0.5) is 0 Å². The third-order valence-corrected chi connectivity index (χ3v) is 7.81. The first-order chi connectivity index (χ1) is 13.9. The summed E-state index contributed by atoms with van der Waals surface area (Å²) in [6.07, 6.45) is 7.77. The molecule has 1 saturated carbocycles. The Kier molecular flexibility index (Phi) is 9.97. The first kappa shape index (κ1) is 26.6. The summed E-state index contributed by atoms with van der Waals surface area (Å²) in [5.74, 6) is 1.50. The molecule has 1 fully saturated rings. The molecule has 0 aliphatic heterocycles. The second-order valence-electron chi connectivity index (χ2n) is 9.39. The van der Waals surface area contributed by atoms with Gasteiger partial charge in [0, 0.05) is 6.26 Å². The SMILES string of the molecule is CC(C)C[C@@H](C(=O)NN)[C@@H](C(=O)NO)C(C=C1CCCCC1)(CC(C)C)S(C)(=O)=O. The maximum atomic E-state index is 13.4. The number of sulfone groups is 1. The van der Waals surface area contributed by atoms with E-state index in [9.17, 15) is 23.2 Å². The van der Waals surface area contributed by atoms with Gasteiger partial charge >= 0.3 is 0 Å². The largest absolute Gasteiger partial charge is 0.294 e. The second-order valence-corrected chi connectivity index (χ2v) is 11.7. The normalized spacial score (nSPS) is 19.2. The lowest BCUT2D eigenvalue weighted by Gasteiger charge is -2.41. The topological polar surface area (TPSA) is 139 Å². The summed E-state index contributed by atoms with van der Waals surface area (Å²) in [5, 5.41) is 9.53. The van der Waals surface area contributed by atoms with E-state index in [0.29, 0.717) is 0 Å². The van der Waals surface area contributed by atoms with E-state index in [0.717, 1.165) is 43.9 Å². The Morgan fingerprint density at radius 3 is 2.07 bits per heavy atom. The van der Waals surface area contributed by atoms with Crippen LogP contribution >= 0.6 is 0 Å². The zero-order chi connectivity index (χ0) is 23.1. The highest BCUT2D eigenvalue weighted by molar-refractivity contribution is 7.92. The minimum atomic E-state index is -3.87. The van der Waals surface area contributed by atoms with Crippen molar-refractivity contribution >= 4 is 21.7 Å². The summed E-state index contributed by atoms with van der Waals surface area (Å²) in [5.41, 5.74) is 4.71. The van der Waals surface area contributed by atoms with Gasteiger partial charge in [-0.25, -0.2) is 19.7 Å². The molecule has 0 radical (unpaired) electrons. The fourth-order valence-corrected chi connectivity index (χ4v) is 6.47. The first-order valence-corrected chi connectivity index (χ1v) is 12.6. The molecule has 8 nitrogen and oxygen atoms in total. The van der Waals surface area contributed by atoms with Crippen molar-refractivity contribution in [2.24, 2.45) is 29.5 Å². The summed E-state index contributed by atoms with van der Waals surface area (Å²) in [7, 11) is -3.87. The van der Waals surface area contributed by atoms with Crippen molar-refractivity contribution in [3.8, 4) is 0 Å². The molecule has 0 saturated heterocycles. The van der Waals surface area contributed by atoms with Gasteiger partial charge in [-0.1, -0.05) is 45.8 Å². The monoisotopic (exact) mass is 445 g/mol. The van der Waals surface area contributed by atoms with E-state index in [1.807, 2.05) is 27.7 Å². The van der Waals surface area contributed by atoms with Gasteiger partial charge in [-0.05, 0) is 50.4 Å². The highest BCUT2D eigenvalue weighted by Crippen LogP contribution is 2.43. The zero-order valence-electron chi connectivity index (χ0n) is 18.9. The van der Waals surface area contributed by atoms with Crippen LogP contribution in [0.5, 0.6) is 0 Å². The molecule has 1 unspecified atom stereocenters. The van der Waals surface area contributed by atoms with Gasteiger partial charge in [0.05, 0.1) is 11.8 Å². The van der Waals surface area contributed by atoms with Crippen LogP contribution in [0.1, 0.15) is 72.6 Å². The van der Waals surface area contributed by atoms with Crippen LogP contribution in [-0.2, 0) is 19.4 Å². The molecule has 174 valence electrons. The van der Waals surface area contributed by atoms with Gasteiger partial charge in [-0.2, -0.15) is 0 Å². The third-order valence-electron chi connectivity index (χ3n) is 5.89. The van der Waals surface area contributed by atoms with Crippen molar-refractivity contribution in [2.45, 2.75) is 77.4 Å². The fourth-order valence-electron chi connectivity index (χ4n) is 4.72. The van der Waals surface area contributed by atoms with Crippen LogP contribution in [0.2, 0.25) is 0 Å². The number of hydrogen-bond donors (Lipinski definition) is 4. The standard InChI is InChI=1S/C21H39N3O5S/c1-14(2)11-17(19(25)23-22)18(20(26)24-27)21(12-15(3)4,30(5,28)29)13-16-9-7-6-8-10-16/h13-15,17-18,27H,6-12,22H2,1-5H3,(H,23,25)(H,24,26)/t17-,18+,21?/m1/s1. The van der Waals surface area contributed by atoms with Crippen LogP contribution in [0.3, 0.4) is 0 Å². The molecule has 30 heavy (non-hydrogen) atoms. The van der Waals surface area contributed by atoms with Gasteiger partial charge < -0.3 is 0 Å². The Morgan fingerprint density at radius 2 is 1.67 bits per heavy atom. The van der Waals surface area contributed by atoms with E-state index < -0.39 is 38.2 Å². The molecule has 2 amide bonds. The maximum Gasteiger partial charge on any atom is 0.249 e. The molecule has 3 atom stereocenters. The average Bonchev–Trinajstić information content (AvgIpc) is 2.65.